The first-order valence-corrected chi connectivity index (χ1v) is 6.36. The van der Waals surface area contributed by atoms with Gasteiger partial charge in [0.25, 0.3) is 0 Å². The maximum Gasteiger partial charge on any atom is -0.00463 e. The lowest BCUT2D eigenvalue weighted by Crippen LogP contribution is -2.29. The van der Waals surface area contributed by atoms with Gasteiger partial charge in [0.15, 0.2) is 0 Å². The molecule has 0 spiro atoms. The van der Waals surface area contributed by atoms with E-state index < -0.39 is 0 Å². The van der Waals surface area contributed by atoms with Gasteiger partial charge in [-0.2, -0.15) is 0 Å². The van der Waals surface area contributed by atoms with Crippen molar-refractivity contribution in [3.05, 3.63) is 0 Å². The second-order valence-electron chi connectivity index (χ2n) is 4.96. The first-order chi connectivity index (χ1) is 6.95. The van der Waals surface area contributed by atoms with Crippen LogP contribution in [-0.4, -0.2) is 26.2 Å². The van der Waals surface area contributed by atoms with E-state index in [1.54, 1.807) is 0 Å². The Balaban J connectivity index is 1.41. The lowest BCUT2D eigenvalue weighted by atomic mass is 9.95. The quantitative estimate of drug-likeness (QED) is 0.633. The second kappa shape index (κ2) is 5.72. The van der Waals surface area contributed by atoms with Crippen molar-refractivity contribution < 1.29 is 0 Å². The topological polar surface area (TPSA) is 24.1 Å². The summed E-state index contributed by atoms with van der Waals surface area (Å²) >= 11 is 0. The van der Waals surface area contributed by atoms with Crippen LogP contribution in [0.3, 0.4) is 0 Å². The molecule has 0 bridgehead atoms. The van der Waals surface area contributed by atoms with E-state index in [2.05, 4.69) is 10.6 Å². The highest BCUT2D eigenvalue weighted by molar-refractivity contribution is 4.74. The summed E-state index contributed by atoms with van der Waals surface area (Å²) in [5.74, 6) is 2.08. The molecular formula is C12H24N2. The van der Waals surface area contributed by atoms with Crippen molar-refractivity contribution in [2.24, 2.45) is 11.8 Å². The van der Waals surface area contributed by atoms with E-state index in [1.165, 1.54) is 64.7 Å². The molecule has 1 aliphatic heterocycles. The summed E-state index contributed by atoms with van der Waals surface area (Å²) in [5, 5.41) is 7.00. The van der Waals surface area contributed by atoms with Crippen molar-refractivity contribution in [2.75, 3.05) is 26.2 Å². The third-order valence-corrected chi connectivity index (χ3v) is 3.61. The highest BCUT2D eigenvalue weighted by Gasteiger charge is 2.20. The second-order valence-corrected chi connectivity index (χ2v) is 4.96. The Hall–Kier alpha value is -0.0800. The van der Waals surface area contributed by atoms with Crippen LogP contribution in [-0.2, 0) is 0 Å². The maximum atomic E-state index is 3.58. The van der Waals surface area contributed by atoms with Crippen LogP contribution < -0.4 is 10.6 Å². The van der Waals surface area contributed by atoms with Crippen LogP contribution in [0.1, 0.15) is 38.5 Å². The van der Waals surface area contributed by atoms with Crippen molar-refractivity contribution in [1.29, 1.82) is 0 Å². The Bertz CT molecular complexity index is 148. The standard InChI is InChI=1S/C12H24N2/c1-2-11(1)3-7-13-8-4-12-5-9-14-10-6-12/h11-14H,1-10H2. The van der Waals surface area contributed by atoms with Gasteiger partial charge >= 0.3 is 0 Å². The summed E-state index contributed by atoms with van der Waals surface area (Å²) in [6, 6.07) is 0. The maximum absolute atomic E-state index is 3.58. The molecule has 0 aromatic carbocycles. The number of piperidine rings is 1. The van der Waals surface area contributed by atoms with Gasteiger partial charge in [0.05, 0.1) is 0 Å². The molecule has 0 aromatic heterocycles. The highest BCUT2D eigenvalue weighted by atomic mass is 14.9. The normalized spacial score (nSPS) is 24.0. The molecule has 2 aliphatic rings. The van der Waals surface area contributed by atoms with Crippen molar-refractivity contribution in [3.8, 4) is 0 Å². The zero-order valence-corrected chi connectivity index (χ0v) is 9.23. The minimum absolute atomic E-state index is 0.990. The Kier molecular flexibility index (Phi) is 4.26. The number of hydrogen-bond donors (Lipinski definition) is 2. The molecule has 2 nitrogen and oxygen atoms in total. The van der Waals surface area contributed by atoms with Gasteiger partial charge in [0.1, 0.15) is 0 Å². The Morgan fingerprint density at radius 3 is 2.00 bits per heavy atom. The van der Waals surface area contributed by atoms with Crippen LogP contribution in [0.5, 0.6) is 0 Å². The molecule has 1 aliphatic carbocycles. The van der Waals surface area contributed by atoms with E-state index in [1.807, 2.05) is 0 Å². The zero-order valence-electron chi connectivity index (χ0n) is 9.23. The molecule has 82 valence electrons. The van der Waals surface area contributed by atoms with Crippen LogP contribution in [0.2, 0.25) is 0 Å². The molecule has 0 amide bonds. The Morgan fingerprint density at radius 1 is 0.857 bits per heavy atom. The van der Waals surface area contributed by atoms with Crippen LogP contribution in [0.15, 0.2) is 0 Å². The zero-order chi connectivity index (χ0) is 9.64. The minimum atomic E-state index is 0.990. The van der Waals surface area contributed by atoms with E-state index in [9.17, 15) is 0 Å². The summed E-state index contributed by atoms with van der Waals surface area (Å²) < 4.78 is 0. The van der Waals surface area contributed by atoms with E-state index >= 15 is 0 Å². The van der Waals surface area contributed by atoms with Gasteiger partial charge in [-0.25, -0.2) is 0 Å². The SMILES string of the molecule is C1CC(CCNCCC2CC2)CCN1. The molecule has 0 aromatic rings. The van der Waals surface area contributed by atoms with Gasteiger partial charge in [-0.1, -0.05) is 12.8 Å². The molecule has 1 heterocycles. The van der Waals surface area contributed by atoms with E-state index in [4.69, 9.17) is 0 Å². The van der Waals surface area contributed by atoms with Crippen LogP contribution >= 0.6 is 0 Å². The summed E-state index contributed by atoms with van der Waals surface area (Å²) in [6.45, 7) is 4.99. The molecule has 2 heteroatoms. The summed E-state index contributed by atoms with van der Waals surface area (Å²) in [6.07, 6.45) is 8.60. The third-order valence-electron chi connectivity index (χ3n) is 3.61. The minimum Gasteiger partial charge on any atom is -0.317 e. The summed E-state index contributed by atoms with van der Waals surface area (Å²) in [4.78, 5) is 0. The Morgan fingerprint density at radius 2 is 1.43 bits per heavy atom. The largest absolute Gasteiger partial charge is 0.317 e. The van der Waals surface area contributed by atoms with E-state index in [0.717, 1.165) is 11.8 Å². The van der Waals surface area contributed by atoms with Gasteiger partial charge in [0, 0.05) is 0 Å². The molecule has 1 saturated heterocycles. The predicted molar refractivity (Wildman–Crippen MR) is 60.4 cm³/mol. The molecule has 0 atom stereocenters. The average molecular weight is 196 g/mol. The summed E-state index contributed by atoms with van der Waals surface area (Å²) in [7, 11) is 0. The fourth-order valence-electron chi connectivity index (χ4n) is 2.31. The van der Waals surface area contributed by atoms with Gasteiger partial charge in [0.2, 0.25) is 0 Å². The Labute approximate surface area is 87.8 Å². The lowest BCUT2D eigenvalue weighted by molar-refractivity contribution is 0.348. The fourth-order valence-corrected chi connectivity index (χ4v) is 2.31. The van der Waals surface area contributed by atoms with Crippen LogP contribution in [0.25, 0.3) is 0 Å². The van der Waals surface area contributed by atoms with Crippen LogP contribution in [0.4, 0.5) is 0 Å². The lowest BCUT2D eigenvalue weighted by Gasteiger charge is -2.22. The highest BCUT2D eigenvalue weighted by Crippen LogP contribution is 2.31. The molecular weight excluding hydrogens is 172 g/mol. The monoisotopic (exact) mass is 196 g/mol. The molecule has 2 fully saturated rings. The first kappa shape index (κ1) is 10.4. The average Bonchev–Trinajstić information content (AvgIpc) is 3.03. The number of nitrogens with one attached hydrogen (secondary N) is 2. The first-order valence-electron chi connectivity index (χ1n) is 6.36. The van der Waals surface area contributed by atoms with E-state index in [-0.39, 0.29) is 0 Å². The predicted octanol–water partition coefficient (Wildman–Crippen LogP) is 1.77. The molecule has 0 radical (unpaired) electrons. The number of hydrogen-bond acceptors (Lipinski definition) is 2. The number of rotatable bonds is 6. The molecule has 2 rings (SSSR count). The van der Waals surface area contributed by atoms with Gasteiger partial charge in [-0.05, 0) is 63.7 Å². The van der Waals surface area contributed by atoms with Gasteiger partial charge in [-0.3, -0.25) is 0 Å². The van der Waals surface area contributed by atoms with Crippen molar-refractivity contribution in [3.63, 3.8) is 0 Å². The fraction of sp³-hybridized carbons (Fsp3) is 1.00. The summed E-state index contributed by atoms with van der Waals surface area (Å²) in [5.41, 5.74) is 0. The van der Waals surface area contributed by atoms with Gasteiger partial charge in [-0.15, -0.1) is 0 Å². The van der Waals surface area contributed by atoms with Gasteiger partial charge < -0.3 is 10.6 Å². The molecule has 2 N–H and O–H groups in total. The van der Waals surface area contributed by atoms with E-state index in [0.29, 0.717) is 0 Å². The van der Waals surface area contributed by atoms with Crippen LogP contribution in [0, 0.1) is 11.8 Å². The molecule has 1 saturated carbocycles. The smallest absolute Gasteiger partial charge is 0.00463 e. The van der Waals surface area contributed by atoms with Crippen molar-refractivity contribution in [1.82, 2.24) is 10.6 Å². The molecule has 14 heavy (non-hydrogen) atoms. The van der Waals surface area contributed by atoms with Crippen molar-refractivity contribution >= 4 is 0 Å². The molecule has 0 unspecified atom stereocenters. The third kappa shape index (κ3) is 3.97. The van der Waals surface area contributed by atoms with Crippen molar-refractivity contribution in [2.45, 2.75) is 38.5 Å².